The van der Waals surface area contributed by atoms with E-state index in [1.807, 2.05) is 31.2 Å². The third kappa shape index (κ3) is 3.47. The van der Waals surface area contributed by atoms with E-state index in [1.165, 1.54) is 24.0 Å². The number of hydrogen-bond donors (Lipinski definition) is 2. The molecular weight excluding hydrogens is 288 g/mol. The van der Waals surface area contributed by atoms with Gasteiger partial charge in [-0.2, -0.15) is 0 Å². The Hall–Kier alpha value is -2.49. The summed E-state index contributed by atoms with van der Waals surface area (Å²) in [5.41, 5.74) is 4.50. The molecule has 0 aliphatic heterocycles. The minimum Gasteiger partial charge on any atom is -0.495 e. The molecule has 1 atom stereocenters. The number of nitrogens with one attached hydrogen (secondary N) is 2. The molecule has 2 aromatic rings. The van der Waals surface area contributed by atoms with Gasteiger partial charge in [0.1, 0.15) is 11.8 Å². The Morgan fingerprint density at radius 2 is 1.91 bits per heavy atom. The smallest absolute Gasteiger partial charge is 0.246 e. The summed E-state index contributed by atoms with van der Waals surface area (Å²) in [5, 5.41) is 6.18. The Balaban J connectivity index is 1.66. The van der Waals surface area contributed by atoms with Gasteiger partial charge < -0.3 is 15.4 Å². The van der Waals surface area contributed by atoms with Crippen LogP contribution in [0.25, 0.3) is 0 Å². The lowest BCUT2D eigenvalue weighted by molar-refractivity contribution is -0.116. The first-order valence-electron chi connectivity index (χ1n) is 7.99. The maximum atomic E-state index is 12.4. The van der Waals surface area contributed by atoms with Crippen LogP contribution in [0.1, 0.15) is 24.5 Å². The molecule has 2 N–H and O–H groups in total. The van der Waals surface area contributed by atoms with E-state index in [0.29, 0.717) is 11.4 Å². The van der Waals surface area contributed by atoms with Gasteiger partial charge in [-0.25, -0.2) is 0 Å². The molecule has 4 nitrogen and oxygen atoms in total. The van der Waals surface area contributed by atoms with E-state index in [2.05, 4.69) is 28.8 Å². The van der Waals surface area contributed by atoms with Crippen molar-refractivity contribution in [1.29, 1.82) is 0 Å². The highest BCUT2D eigenvalue weighted by atomic mass is 16.5. The molecule has 0 aromatic heterocycles. The van der Waals surface area contributed by atoms with Gasteiger partial charge in [0.05, 0.1) is 12.8 Å². The monoisotopic (exact) mass is 310 g/mol. The summed E-state index contributed by atoms with van der Waals surface area (Å²) in [6.45, 7) is 1.86. The van der Waals surface area contributed by atoms with Gasteiger partial charge in [-0.05, 0) is 61.6 Å². The lowest BCUT2D eigenvalue weighted by Gasteiger charge is -2.17. The van der Waals surface area contributed by atoms with Crippen LogP contribution < -0.4 is 15.4 Å². The molecule has 0 spiro atoms. The molecule has 1 amide bonds. The number of ether oxygens (including phenoxy) is 1. The number of carbonyl (C=O) groups is 1. The Morgan fingerprint density at radius 1 is 1.13 bits per heavy atom. The zero-order chi connectivity index (χ0) is 16.2. The van der Waals surface area contributed by atoms with Crippen LogP contribution in [0.5, 0.6) is 5.75 Å². The first kappa shape index (κ1) is 15.4. The molecule has 1 aliphatic rings. The second kappa shape index (κ2) is 6.73. The maximum Gasteiger partial charge on any atom is 0.246 e. The van der Waals surface area contributed by atoms with Crippen molar-refractivity contribution in [3.8, 4) is 5.75 Å². The standard InChI is InChI=1S/C19H22N2O2/c1-13(19(22)21-17-8-3-4-9-18(17)23-2)20-16-11-10-14-6-5-7-15(14)12-16/h3-4,8-13,20H,5-7H2,1-2H3,(H,21,22). The SMILES string of the molecule is COc1ccccc1NC(=O)C(C)Nc1ccc2c(c1)CCC2. The van der Waals surface area contributed by atoms with Crippen molar-refractivity contribution in [2.24, 2.45) is 0 Å². The van der Waals surface area contributed by atoms with Crippen molar-refractivity contribution in [2.45, 2.75) is 32.2 Å². The number of aryl methyl sites for hydroxylation is 2. The molecule has 2 aromatic carbocycles. The number of rotatable bonds is 5. The van der Waals surface area contributed by atoms with Gasteiger partial charge >= 0.3 is 0 Å². The van der Waals surface area contributed by atoms with E-state index < -0.39 is 0 Å². The van der Waals surface area contributed by atoms with Crippen LogP contribution in [0, 0.1) is 0 Å². The summed E-state index contributed by atoms with van der Waals surface area (Å²) in [6, 6.07) is 13.5. The van der Waals surface area contributed by atoms with Crippen LogP contribution in [0.3, 0.4) is 0 Å². The van der Waals surface area contributed by atoms with Crippen LogP contribution in [0.15, 0.2) is 42.5 Å². The summed E-state index contributed by atoms with van der Waals surface area (Å²) in [4.78, 5) is 12.4. The van der Waals surface area contributed by atoms with Crippen LogP contribution in [-0.4, -0.2) is 19.1 Å². The second-order valence-corrected chi connectivity index (χ2v) is 5.89. The van der Waals surface area contributed by atoms with Gasteiger partial charge in [0, 0.05) is 5.69 Å². The van der Waals surface area contributed by atoms with E-state index in [-0.39, 0.29) is 11.9 Å². The molecule has 0 saturated carbocycles. The van der Waals surface area contributed by atoms with Crippen molar-refractivity contribution in [3.63, 3.8) is 0 Å². The van der Waals surface area contributed by atoms with E-state index >= 15 is 0 Å². The predicted octanol–water partition coefficient (Wildman–Crippen LogP) is 3.62. The van der Waals surface area contributed by atoms with Gasteiger partial charge in [0.15, 0.2) is 0 Å². The molecular formula is C19H22N2O2. The van der Waals surface area contributed by atoms with Gasteiger partial charge in [-0.15, -0.1) is 0 Å². The summed E-state index contributed by atoms with van der Waals surface area (Å²) in [5.74, 6) is 0.570. The van der Waals surface area contributed by atoms with Crippen molar-refractivity contribution >= 4 is 17.3 Å². The van der Waals surface area contributed by atoms with Gasteiger partial charge in [-0.1, -0.05) is 18.2 Å². The van der Waals surface area contributed by atoms with E-state index in [0.717, 1.165) is 12.1 Å². The van der Waals surface area contributed by atoms with Gasteiger partial charge in [0.2, 0.25) is 5.91 Å². The third-order valence-corrected chi connectivity index (χ3v) is 4.24. The number of benzene rings is 2. The second-order valence-electron chi connectivity index (χ2n) is 5.89. The Labute approximate surface area is 136 Å². The maximum absolute atomic E-state index is 12.4. The molecule has 23 heavy (non-hydrogen) atoms. The summed E-state index contributed by atoms with van der Waals surface area (Å²) in [6.07, 6.45) is 3.52. The molecule has 0 radical (unpaired) electrons. The van der Waals surface area contributed by atoms with E-state index in [1.54, 1.807) is 7.11 Å². The largest absolute Gasteiger partial charge is 0.495 e. The van der Waals surface area contributed by atoms with Crippen LogP contribution in [0.4, 0.5) is 11.4 Å². The van der Waals surface area contributed by atoms with Crippen LogP contribution in [-0.2, 0) is 17.6 Å². The lowest BCUT2D eigenvalue weighted by Crippen LogP contribution is -2.32. The molecule has 4 heteroatoms. The molecule has 0 heterocycles. The Morgan fingerprint density at radius 3 is 2.74 bits per heavy atom. The highest BCUT2D eigenvalue weighted by molar-refractivity contribution is 5.97. The van der Waals surface area contributed by atoms with Crippen molar-refractivity contribution < 1.29 is 9.53 Å². The van der Waals surface area contributed by atoms with Crippen LogP contribution >= 0.6 is 0 Å². The molecule has 1 aliphatic carbocycles. The number of fused-ring (bicyclic) bond motifs is 1. The number of hydrogen-bond acceptors (Lipinski definition) is 3. The number of amides is 1. The zero-order valence-corrected chi connectivity index (χ0v) is 13.6. The average molecular weight is 310 g/mol. The average Bonchev–Trinajstić information content (AvgIpc) is 3.03. The Kier molecular flexibility index (Phi) is 4.51. The van der Waals surface area contributed by atoms with Gasteiger partial charge in [-0.3, -0.25) is 4.79 Å². The summed E-state index contributed by atoms with van der Waals surface area (Å²) in [7, 11) is 1.59. The third-order valence-electron chi connectivity index (χ3n) is 4.24. The molecule has 3 rings (SSSR count). The fourth-order valence-corrected chi connectivity index (χ4v) is 2.97. The Bertz CT molecular complexity index is 712. The number of anilines is 2. The molecule has 1 unspecified atom stereocenters. The fourth-order valence-electron chi connectivity index (χ4n) is 2.97. The predicted molar refractivity (Wildman–Crippen MR) is 93.2 cm³/mol. The number of methoxy groups -OCH3 is 1. The van der Waals surface area contributed by atoms with E-state index in [4.69, 9.17) is 4.74 Å². The first-order valence-corrected chi connectivity index (χ1v) is 7.99. The fraction of sp³-hybridized carbons (Fsp3) is 0.316. The molecule has 0 saturated heterocycles. The van der Waals surface area contributed by atoms with Crippen LogP contribution in [0.2, 0.25) is 0 Å². The summed E-state index contributed by atoms with van der Waals surface area (Å²) >= 11 is 0. The number of para-hydroxylation sites is 2. The van der Waals surface area contributed by atoms with E-state index in [9.17, 15) is 4.79 Å². The first-order chi connectivity index (χ1) is 11.2. The quantitative estimate of drug-likeness (QED) is 0.887. The lowest BCUT2D eigenvalue weighted by atomic mass is 10.1. The topological polar surface area (TPSA) is 50.4 Å². The minimum atomic E-state index is -0.334. The van der Waals surface area contributed by atoms with Crippen molar-refractivity contribution in [3.05, 3.63) is 53.6 Å². The van der Waals surface area contributed by atoms with Gasteiger partial charge in [0.25, 0.3) is 0 Å². The molecule has 0 fully saturated rings. The molecule has 120 valence electrons. The highest BCUT2D eigenvalue weighted by Gasteiger charge is 2.16. The minimum absolute atomic E-state index is 0.0880. The molecule has 0 bridgehead atoms. The van der Waals surface area contributed by atoms with Crippen molar-refractivity contribution in [1.82, 2.24) is 0 Å². The number of carbonyl (C=O) groups excluding carboxylic acids is 1. The highest BCUT2D eigenvalue weighted by Crippen LogP contribution is 2.26. The zero-order valence-electron chi connectivity index (χ0n) is 13.6. The normalized spacial score (nSPS) is 14.0. The summed E-state index contributed by atoms with van der Waals surface area (Å²) < 4.78 is 5.26. The van der Waals surface area contributed by atoms with Crippen molar-refractivity contribution in [2.75, 3.05) is 17.7 Å².